The molecule has 122 valence electrons. The van der Waals surface area contributed by atoms with Crippen LogP contribution in [0.4, 0.5) is 5.69 Å². The monoisotopic (exact) mass is 344 g/mol. The number of hydrogen-bond acceptors (Lipinski definition) is 4. The van der Waals surface area contributed by atoms with Gasteiger partial charge in [-0.1, -0.05) is 31.9 Å². The number of thiophene rings is 1. The predicted octanol–water partition coefficient (Wildman–Crippen LogP) is 5.46. The molecular weight excluding hydrogens is 320 g/mol. The summed E-state index contributed by atoms with van der Waals surface area (Å²) in [5.74, 6) is 1.17. The third-order valence-electron chi connectivity index (χ3n) is 4.21. The van der Waals surface area contributed by atoms with Crippen molar-refractivity contribution in [1.82, 2.24) is 0 Å². The predicted molar refractivity (Wildman–Crippen MR) is 104 cm³/mol. The molecule has 0 amide bonds. The number of thioether (sulfide) groups is 1. The number of rotatable bonds is 7. The highest BCUT2D eigenvalue weighted by Gasteiger charge is 2.17. The minimum absolute atomic E-state index is 0.723. The Hall–Kier alpha value is -1.26. The van der Waals surface area contributed by atoms with Gasteiger partial charge in [0.2, 0.25) is 0 Å². The first-order chi connectivity index (χ1) is 11.3. The number of nitrogens with one attached hydrogen (secondary N) is 1. The van der Waals surface area contributed by atoms with Crippen molar-refractivity contribution < 1.29 is 0 Å². The molecule has 2 aromatic rings. The summed E-state index contributed by atoms with van der Waals surface area (Å²) in [6.45, 7) is 4.59. The maximum absolute atomic E-state index is 8.27. The number of benzene rings is 1. The number of anilines is 1. The van der Waals surface area contributed by atoms with E-state index in [1.54, 1.807) is 11.3 Å². The van der Waals surface area contributed by atoms with Gasteiger partial charge in [0.1, 0.15) is 0 Å². The fourth-order valence-electron chi connectivity index (χ4n) is 2.96. The van der Waals surface area contributed by atoms with Crippen LogP contribution in [0.3, 0.4) is 0 Å². The third kappa shape index (κ3) is 4.18. The second kappa shape index (κ2) is 8.02. The van der Waals surface area contributed by atoms with Gasteiger partial charge in [-0.3, -0.25) is 0 Å². The normalized spacial score (nSPS) is 13.9. The topological polar surface area (TPSA) is 27.1 Å². The van der Waals surface area contributed by atoms with E-state index in [4.69, 9.17) is 5.41 Å². The highest BCUT2D eigenvalue weighted by Crippen LogP contribution is 2.35. The second-order valence-electron chi connectivity index (χ2n) is 5.98. The molecule has 23 heavy (non-hydrogen) atoms. The van der Waals surface area contributed by atoms with Gasteiger partial charge in [-0.25, -0.2) is 0 Å². The molecule has 1 aromatic carbocycles. The first-order valence-corrected chi connectivity index (χ1v) is 10.3. The van der Waals surface area contributed by atoms with Crippen LogP contribution in [-0.4, -0.2) is 24.6 Å². The van der Waals surface area contributed by atoms with Crippen LogP contribution in [0.15, 0.2) is 40.6 Å². The Morgan fingerprint density at radius 1 is 1.26 bits per heavy atom. The molecule has 1 N–H and O–H groups in total. The molecule has 0 unspecified atom stereocenters. The van der Waals surface area contributed by atoms with Gasteiger partial charge in [0.25, 0.3) is 0 Å². The van der Waals surface area contributed by atoms with Gasteiger partial charge in [-0.05, 0) is 35.6 Å². The van der Waals surface area contributed by atoms with Crippen LogP contribution in [0.5, 0.6) is 0 Å². The number of unbranched alkanes of at least 4 members (excludes halogenated alkanes) is 2. The van der Waals surface area contributed by atoms with Crippen molar-refractivity contribution in [2.45, 2.75) is 37.5 Å². The number of hydrogen-bond donors (Lipinski definition) is 1. The third-order valence-corrected chi connectivity index (χ3v) is 6.17. The Kier molecular flexibility index (Phi) is 5.79. The van der Waals surface area contributed by atoms with Crippen LogP contribution in [0.25, 0.3) is 0 Å². The average Bonchev–Trinajstić information content (AvgIpc) is 3.09. The van der Waals surface area contributed by atoms with E-state index in [9.17, 15) is 0 Å². The summed E-state index contributed by atoms with van der Waals surface area (Å²) in [4.78, 5) is 5.01. The van der Waals surface area contributed by atoms with Gasteiger partial charge in [-0.15, -0.1) is 23.1 Å². The maximum Gasteiger partial charge on any atom is 0.0529 e. The van der Waals surface area contributed by atoms with E-state index in [1.807, 2.05) is 29.3 Å². The first-order valence-electron chi connectivity index (χ1n) is 8.40. The molecule has 0 bridgehead atoms. The van der Waals surface area contributed by atoms with Gasteiger partial charge in [0.05, 0.1) is 11.4 Å². The van der Waals surface area contributed by atoms with E-state index in [2.05, 4.69) is 30.0 Å². The smallest absolute Gasteiger partial charge is 0.0529 e. The van der Waals surface area contributed by atoms with Crippen LogP contribution >= 0.6 is 23.1 Å². The molecule has 0 aliphatic carbocycles. The SMILES string of the molecule is CCCCCN1CCSc2cc(CC(=N)c3cccs3)ccc21. The van der Waals surface area contributed by atoms with E-state index in [-0.39, 0.29) is 0 Å². The highest BCUT2D eigenvalue weighted by atomic mass is 32.2. The second-order valence-corrected chi connectivity index (χ2v) is 8.06. The quantitative estimate of drug-likeness (QED) is 0.533. The highest BCUT2D eigenvalue weighted by molar-refractivity contribution is 7.99. The number of fused-ring (bicyclic) bond motifs is 1. The van der Waals surface area contributed by atoms with Crippen LogP contribution in [-0.2, 0) is 6.42 Å². The van der Waals surface area contributed by atoms with Crippen molar-refractivity contribution in [2.24, 2.45) is 0 Å². The van der Waals surface area contributed by atoms with Crippen LogP contribution in [0.1, 0.15) is 36.6 Å². The fourth-order valence-corrected chi connectivity index (χ4v) is 4.74. The molecule has 0 fully saturated rings. The number of nitrogens with zero attached hydrogens (tertiary/aromatic N) is 1. The molecule has 1 aromatic heterocycles. The molecule has 0 saturated carbocycles. The molecule has 1 aliphatic heterocycles. The Morgan fingerprint density at radius 2 is 2.17 bits per heavy atom. The molecule has 4 heteroatoms. The lowest BCUT2D eigenvalue weighted by Gasteiger charge is -2.31. The molecule has 0 atom stereocenters. The molecule has 1 aliphatic rings. The Labute approximate surface area is 147 Å². The minimum Gasteiger partial charge on any atom is -0.370 e. The zero-order valence-corrected chi connectivity index (χ0v) is 15.3. The summed E-state index contributed by atoms with van der Waals surface area (Å²) in [6.07, 6.45) is 4.60. The van der Waals surface area contributed by atoms with Gasteiger partial charge >= 0.3 is 0 Å². The minimum atomic E-state index is 0.723. The fraction of sp³-hybridized carbons (Fsp3) is 0.421. The summed E-state index contributed by atoms with van der Waals surface area (Å²) in [5.41, 5.74) is 3.37. The van der Waals surface area contributed by atoms with Crippen LogP contribution < -0.4 is 4.90 Å². The summed E-state index contributed by atoms with van der Waals surface area (Å²) in [7, 11) is 0. The van der Waals surface area contributed by atoms with Gasteiger partial charge in [-0.2, -0.15) is 0 Å². The largest absolute Gasteiger partial charge is 0.370 e. The van der Waals surface area contributed by atoms with Gasteiger partial charge < -0.3 is 10.3 Å². The average molecular weight is 345 g/mol. The molecule has 3 rings (SSSR count). The zero-order chi connectivity index (χ0) is 16.1. The molecule has 0 saturated heterocycles. The lowest BCUT2D eigenvalue weighted by molar-refractivity contribution is 0.681. The van der Waals surface area contributed by atoms with Crippen LogP contribution in [0, 0.1) is 5.41 Å². The standard InChI is InChI=1S/C19H24N2S2/c1-2-3-4-9-21-10-12-23-19-14-15(7-8-17(19)21)13-16(20)18-6-5-11-22-18/h5-8,11,14,20H,2-4,9-10,12-13H2,1H3. The van der Waals surface area contributed by atoms with Crippen LogP contribution in [0.2, 0.25) is 0 Å². The Balaban J connectivity index is 1.70. The van der Waals surface area contributed by atoms with E-state index in [0.717, 1.165) is 23.6 Å². The summed E-state index contributed by atoms with van der Waals surface area (Å²) in [5, 5.41) is 10.3. The van der Waals surface area contributed by atoms with E-state index < -0.39 is 0 Å². The molecule has 0 spiro atoms. The van der Waals surface area contributed by atoms with Crippen molar-refractivity contribution in [3.8, 4) is 0 Å². The Morgan fingerprint density at radius 3 is 2.96 bits per heavy atom. The summed E-state index contributed by atoms with van der Waals surface area (Å²) < 4.78 is 0. The summed E-state index contributed by atoms with van der Waals surface area (Å²) in [6, 6.07) is 10.8. The van der Waals surface area contributed by atoms with E-state index in [1.165, 1.54) is 47.7 Å². The van der Waals surface area contributed by atoms with E-state index >= 15 is 0 Å². The Bertz CT molecular complexity index is 649. The van der Waals surface area contributed by atoms with Crippen molar-refractivity contribution in [2.75, 3.05) is 23.7 Å². The lowest BCUT2D eigenvalue weighted by Crippen LogP contribution is -2.30. The van der Waals surface area contributed by atoms with Crippen molar-refractivity contribution in [1.29, 1.82) is 5.41 Å². The molecular formula is C19H24N2S2. The van der Waals surface area contributed by atoms with Crippen molar-refractivity contribution in [3.63, 3.8) is 0 Å². The van der Waals surface area contributed by atoms with Crippen molar-refractivity contribution in [3.05, 3.63) is 46.2 Å². The first kappa shape index (κ1) is 16.6. The molecule has 0 radical (unpaired) electrons. The van der Waals surface area contributed by atoms with Crippen molar-refractivity contribution >= 4 is 34.5 Å². The maximum atomic E-state index is 8.27. The molecule has 2 nitrogen and oxygen atoms in total. The lowest BCUT2D eigenvalue weighted by atomic mass is 10.1. The van der Waals surface area contributed by atoms with Gasteiger partial charge in [0.15, 0.2) is 0 Å². The molecule has 2 heterocycles. The van der Waals surface area contributed by atoms with Gasteiger partial charge in [0, 0.05) is 35.0 Å². The summed E-state index contributed by atoms with van der Waals surface area (Å²) >= 11 is 3.61. The van der Waals surface area contributed by atoms with E-state index in [0.29, 0.717) is 0 Å². The zero-order valence-electron chi connectivity index (χ0n) is 13.7.